The Morgan fingerprint density at radius 2 is 1.73 bits per heavy atom. The van der Waals surface area contributed by atoms with Crippen molar-refractivity contribution in [2.45, 2.75) is 20.0 Å². The normalized spacial score (nSPS) is 14.4. The number of benzene rings is 3. The average Bonchev–Trinajstić information content (AvgIpc) is 3.13. The number of carbonyl (C=O) groups is 1. The monoisotopic (exact) mass is 438 g/mol. The molecule has 1 amide bonds. The number of carbonyl (C=O) groups excluding carboxylic acids is 1. The summed E-state index contributed by atoms with van der Waals surface area (Å²) in [6.07, 6.45) is 4.28. The van der Waals surface area contributed by atoms with E-state index in [0.717, 1.165) is 22.4 Å². The quantitative estimate of drug-likeness (QED) is 0.329. The average molecular weight is 439 g/mol. The Morgan fingerprint density at radius 1 is 1.03 bits per heavy atom. The zero-order valence-electron chi connectivity index (χ0n) is 18.8. The van der Waals surface area contributed by atoms with E-state index in [1.807, 2.05) is 91.9 Å². The predicted molar refractivity (Wildman–Crippen MR) is 133 cm³/mol. The molecule has 5 heteroatoms. The Kier molecular flexibility index (Phi) is 6.69. The first-order valence-corrected chi connectivity index (χ1v) is 10.8. The number of methoxy groups -OCH3 is 1. The lowest BCUT2D eigenvalue weighted by Crippen LogP contribution is -2.21. The number of hydrogen-bond donors (Lipinski definition) is 0. The maximum atomic E-state index is 13.1. The van der Waals surface area contributed by atoms with Crippen LogP contribution < -0.4 is 14.5 Å². The molecule has 0 saturated carbocycles. The molecule has 1 aliphatic rings. The summed E-state index contributed by atoms with van der Waals surface area (Å²) in [5, 5.41) is 5.89. The van der Waals surface area contributed by atoms with Gasteiger partial charge in [0.1, 0.15) is 6.61 Å². The van der Waals surface area contributed by atoms with Crippen molar-refractivity contribution in [2.24, 2.45) is 5.10 Å². The maximum absolute atomic E-state index is 13.1. The van der Waals surface area contributed by atoms with Crippen LogP contribution in [-0.2, 0) is 17.8 Å². The van der Waals surface area contributed by atoms with Crippen molar-refractivity contribution in [3.8, 4) is 11.5 Å². The van der Waals surface area contributed by atoms with Crippen LogP contribution in [0.4, 0.5) is 5.69 Å². The third-order valence-electron chi connectivity index (χ3n) is 5.34. The number of para-hydroxylation sites is 1. The topological polar surface area (TPSA) is 51.1 Å². The van der Waals surface area contributed by atoms with E-state index in [9.17, 15) is 4.79 Å². The molecule has 0 spiro atoms. The number of amides is 1. The molecule has 166 valence electrons. The van der Waals surface area contributed by atoms with Crippen LogP contribution in [0, 0.1) is 0 Å². The highest BCUT2D eigenvalue weighted by Gasteiger charge is 2.28. The smallest absolute Gasteiger partial charge is 0.280 e. The van der Waals surface area contributed by atoms with Crippen molar-refractivity contribution < 1.29 is 14.3 Å². The summed E-state index contributed by atoms with van der Waals surface area (Å²) in [5.41, 5.74) is 4.79. The molecule has 0 saturated heterocycles. The Hall–Kier alpha value is -4.12. The van der Waals surface area contributed by atoms with Gasteiger partial charge in [-0.2, -0.15) is 10.1 Å². The lowest BCUT2D eigenvalue weighted by molar-refractivity contribution is -0.114. The van der Waals surface area contributed by atoms with Gasteiger partial charge in [-0.25, -0.2) is 0 Å². The summed E-state index contributed by atoms with van der Waals surface area (Å²) in [5.74, 6) is 1.13. The van der Waals surface area contributed by atoms with Crippen molar-refractivity contribution >= 4 is 23.4 Å². The minimum absolute atomic E-state index is 0.160. The largest absolute Gasteiger partial charge is 0.493 e. The maximum Gasteiger partial charge on any atom is 0.280 e. The number of hydrogen-bond acceptors (Lipinski definition) is 4. The number of allylic oxidation sites excluding steroid dienone is 1. The molecule has 0 bridgehead atoms. The van der Waals surface area contributed by atoms with Gasteiger partial charge in [-0.15, -0.1) is 6.58 Å². The van der Waals surface area contributed by atoms with Gasteiger partial charge in [-0.1, -0.05) is 54.6 Å². The molecule has 0 unspecified atom stereocenters. The summed E-state index contributed by atoms with van der Waals surface area (Å²) in [6.45, 7) is 6.15. The number of rotatable bonds is 8. The summed E-state index contributed by atoms with van der Waals surface area (Å²) >= 11 is 0. The molecule has 0 fully saturated rings. The van der Waals surface area contributed by atoms with Crippen LogP contribution in [0.1, 0.15) is 23.6 Å². The van der Waals surface area contributed by atoms with Crippen LogP contribution in [0.2, 0.25) is 0 Å². The highest BCUT2D eigenvalue weighted by molar-refractivity contribution is 6.32. The van der Waals surface area contributed by atoms with Gasteiger partial charge in [0.15, 0.2) is 11.5 Å². The Labute approximate surface area is 194 Å². The van der Waals surface area contributed by atoms with Crippen molar-refractivity contribution in [1.82, 2.24) is 0 Å². The van der Waals surface area contributed by atoms with E-state index in [4.69, 9.17) is 9.47 Å². The van der Waals surface area contributed by atoms with Gasteiger partial charge < -0.3 is 9.47 Å². The number of hydrazone groups is 1. The van der Waals surface area contributed by atoms with Gasteiger partial charge in [-0.05, 0) is 54.8 Å². The number of ether oxygens (including phenoxy) is 2. The molecule has 0 atom stereocenters. The first-order valence-electron chi connectivity index (χ1n) is 10.8. The fourth-order valence-corrected chi connectivity index (χ4v) is 3.71. The summed E-state index contributed by atoms with van der Waals surface area (Å²) in [4.78, 5) is 13.1. The van der Waals surface area contributed by atoms with Gasteiger partial charge in [0.05, 0.1) is 24.1 Å². The standard InChI is InChI=1S/C28H26N2O3/c1-4-11-23-16-22(18-26(32-3)27(23)33-19-21-12-7-5-8-13-21)17-25-20(2)29-30(28(25)31)24-14-9-6-10-15-24/h4-10,12-18H,1,11,19H2,2-3H3/b25-17+. The minimum Gasteiger partial charge on any atom is -0.493 e. The second kappa shape index (κ2) is 10.0. The molecule has 0 aliphatic carbocycles. The number of anilines is 1. The van der Waals surface area contributed by atoms with Crippen LogP contribution in [-0.4, -0.2) is 18.7 Å². The van der Waals surface area contributed by atoms with E-state index >= 15 is 0 Å². The summed E-state index contributed by atoms with van der Waals surface area (Å²) in [6, 6.07) is 23.3. The molecule has 1 heterocycles. The predicted octanol–water partition coefficient (Wildman–Crippen LogP) is 5.81. The van der Waals surface area contributed by atoms with E-state index < -0.39 is 0 Å². The van der Waals surface area contributed by atoms with Crippen LogP contribution in [0.5, 0.6) is 11.5 Å². The molecule has 1 aliphatic heterocycles. The SMILES string of the molecule is C=CCc1cc(/C=C2/C(=O)N(c3ccccc3)N=C2C)cc(OC)c1OCc1ccccc1. The van der Waals surface area contributed by atoms with Crippen LogP contribution in [0.25, 0.3) is 6.08 Å². The lowest BCUT2D eigenvalue weighted by atomic mass is 10.0. The molecule has 3 aromatic carbocycles. The van der Waals surface area contributed by atoms with Crippen molar-refractivity contribution in [2.75, 3.05) is 12.1 Å². The molecule has 3 aromatic rings. The third kappa shape index (κ3) is 4.88. The van der Waals surface area contributed by atoms with Crippen molar-refractivity contribution in [3.63, 3.8) is 0 Å². The lowest BCUT2D eigenvalue weighted by Gasteiger charge is -2.16. The second-order valence-corrected chi connectivity index (χ2v) is 7.67. The third-order valence-corrected chi connectivity index (χ3v) is 5.34. The van der Waals surface area contributed by atoms with E-state index in [2.05, 4.69) is 11.7 Å². The molecule has 4 rings (SSSR count). The first kappa shape index (κ1) is 22.1. The van der Waals surface area contributed by atoms with Gasteiger partial charge in [-0.3, -0.25) is 4.79 Å². The van der Waals surface area contributed by atoms with Crippen molar-refractivity contribution in [1.29, 1.82) is 0 Å². The molecule has 0 N–H and O–H groups in total. The van der Waals surface area contributed by atoms with Crippen molar-refractivity contribution in [3.05, 3.63) is 108 Å². The Morgan fingerprint density at radius 3 is 2.39 bits per heavy atom. The van der Waals surface area contributed by atoms with Gasteiger partial charge in [0, 0.05) is 5.56 Å². The highest BCUT2D eigenvalue weighted by atomic mass is 16.5. The Bertz CT molecular complexity index is 1210. The zero-order valence-corrected chi connectivity index (χ0v) is 18.8. The molecular formula is C28H26N2O3. The van der Waals surface area contributed by atoms with Crippen LogP contribution in [0.3, 0.4) is 0 Å². The van der Waals surface area contributed by atoms with Crippen LogP contribution >= 0.6 is 0 Å². The van der Waals surface area contributed by atoms with E-state index in [0.29, 0.717) is 35.8 Å². The fraction of sp³-hybridized carbons (Fsp3) is 0.143. The van der Waals surface area contributed by atoms with E-state index in [1.165, 1.54) is 5.01 Å². The van der Waals surface area contributed by atoms with Gasteiger partial charge in [0.2, 0.25) is 0 Å². The van der Waals surface area contributed by atoms with E-state index in [-0.39, 0.29) is 5.91 Å². The van der Waals surface area contributed by atoms with Gasteiger partial charge in [0.25, 0.3) is 5.91 Å². The van der Waals surface area contributed by atoms with E-state index in [1.54, 1.807) is 7.11 Å². The summed E-state index contributed by atoms with van der Waals surface area (Å²) in [7, 11) is 1.61. The highest BCUT2D eigenvalue weighted by Crippen LogP contribution is 2.35. The molecule has 5 nitrogen and oxygen atoms in total. The molecule has 33 heavy (non-hydrogen) atoms. The molecule has 0 aromatic heterocycles. The fourth-order valence-electron chi connectivity index (χ4n) is 3.71. The zero-order chi connectivity index (χ0) is 23.2. The molecular weight excluding hydrogens is 412 g/mol. The van der Waals surface area contributed by atoms with Crippen LogP contribution in [0.15, 0.2) is 96.1 Å². The number of nitrogens with zero attached hydrogens (tertiary/aromatic N) is 2. The van der Waals surface area contributed by atoms with Gasteiger partial charge >= 0.3 is 0 Å². The second-order valence-electron chi connectivity index (χ2n) is 7.67. The first-order chi connectivity index (χ1) is 16.1. The molecule has 0 radical (unpaired) electrons. The summed E-state index contributed by atoms with van der Waals surface area (Å²) < 4.78 is 11.8. The minimum atomic E-state index is -0.160. The Balaban J connectivity index is 1.66.